The van der Waals surface area contributed by atoms with Gasteiger partial charge in [-0.2, -0.15) is 0 Å². The molecule has 20 heavy (non-hydrogen) atoms. The molecule has 3 nitrogen and oxygen atoms in total. The lowest BCUT2D eigenvalue weighted by molar-refractivity contribution is 0.208. The number of para-hydroxylation sites is 1. The van der Waals surface area contributed by atoms with Crippen molar-refractivity contribution >= 4 is 17.3 Å². The van der Waals surface area contributed by atoms with Gasteiger partial charge in [0.05, 0.1) is 10.7 Å². The molecule has 0 spiro atoms. The summed E-state index contributed by atoms with van der Waals surface area (Å²) in [7, 11) is 0. The van der Waals surface area contributed by atoms with Crippen LogP contribution in [-0.2, 0) is 0 Å². The fraction of sp³-hybridized carbons (Fsp3) is 0.625. The van der Waals surface area contributed by atoms with Crippen LogP contribution in [0.25, 0.3) is 0 Å². The van der Waals surface area contributed by atoms with Crippen molar-refractivity contribution in [1.29, 1.82) is 0 Å². The highest BCUT2D eigenvalue weighted by atomic mass is 35.5. The molecule has 4 heteroatoms. The Hall–Kier alpha value is -0.770. The molecule has 3 rings (SSSR count). The fourth-order valence-corrected chi connectivity index (χ4v) is 3.58. The van der Waals surface area contributed by atoms with Crippen molar-refractivity contribution < 1.29 is 0 Å². The van der Waals surface area contributed by atoms with Crippen LogP contribution in [0.15, 0.2) is 24.3 Å². The summed E-state index contributed by atoms with van der Waals surface area (Å²) in [5, 5.41) is 4.37. The highest BCUT2D eigenvalue weighted by Crippen LogP contribution is 2.26. The highest BCUT2D eigenvalue weighted by molar-refractivity contribution is 6.33. The summed E-state index contributed by atoms with van der Waals surface area (Å²) >= 11 is 6.29. The number of nitrogens with one attached hydrogen (secondary N) is 1. The zero-order valence-electron chi connectivity index (χ0n) is 12.2. The molecule has 2 heterocycles. The molecular formula is C16H24ClN3. The quantitative estimate of drug-likeness (QED) is 0.923. The van der Waals surface area contributed by atoms with E-state index >= 15 is 0 Å². The maximum absolute atomic E-state index is 6.29. The molecule has 0 bridgehead atoms. The fourth-order valence-electron chi connectivity index (χ4n) is 3.32. The molecule has 0 radical (unpaired) electrons. The van der Waals surface area contributed by atoms with Crippen LogP contribution in [0.4, 0.5) is 5.69 Å². The molecule has 1 N–H and O–H groups in total. The number of hydrogen-bond acceptors (Lipinski definition) is 3. The predicted molar refractivity (Wildman–Crippen MR) is 85.6 cm³/mol. The van der Waals surface area contributed by atoms with Crippen LogP contribution >= 0.6 is 11.6 Å². The van der Waals surface area contributed by atoms with E-state index in [-0.39, 0.29) is 0 Å². The zero-order chi connectivity index (χ0) is 13.9. The summed E-state index contributed by atoms with van der Waals surface area (Å²) in [4.78, 5) is 5.02. The minimum Gasteiger partial charge on any atom is -0.368 e. The van der Waals surface area contributed by atoms with Gasteiger partial charge in [-0.05, 0) is 37.1 Å². The van der Waals surface area contributed by atoms with E-state index in [1.807, 2.05) is 12.1 Å². The van der Waals surface area contributed by atoms with Crippen LogP contribution in [0, 0.1) is 11.8 Å². The van der Waals surface area contributed by atoms with Crippen LogP contribution in [-0.4, -0.2) is 50.7 Å². The molecule has 2 aliphatic heterocycles. The minimum atomic E-state index is 0.816. The lowest BCUT2D eigenvalue weighted by Gasteiger charge is -2.37. The first-order chi connectivity index (χ1) is 9.74. The lowest BCUT2D eigenvalue weighted by atomic mass is 9.97. The van der Waals surface area contributed by atoms with Gasteiger partial charge < -0.3 is 10.2 Å². The van der Waals surface area contributed by atoms with E-state index in [0.717, 1.165) is 43.0 Å². The Balaban J connectivity index is 1.53. The first-order valence-electron chi connectivity index (χ1n) is 7.66. The number of rotatable bonds is 3. The summed E-state index contributed by atoms with van der Waals surface area (Å²) in [5.41, 5.74) is 1.18. The number of benzene rings is 1. The Labute approximate surface area is 126 Å². The van der Waals surface area contributed by atoms with Crippen molar-refractivity contribution in [2.75, 3.05) is 50.7 Å². The van der Waals surface area contributed by atoms with Crippen LogP contribution in [0.2, 0.25) is 5.02 Å². The largest absolute Gasteiger partial charge is 0.368 e. The molecule has 2 atom stereocenters. The van der Waals surface area contributed by atoms with E-state index in [1.54, 1.807) is 0 Å². The molecule has 2 aliphatic rings. The topological polar surface area (TPSA) is 18.5 Å². The Morgan fingerprint density at radius 3 is 2.55 bits per heavy atom. The van der Waals surface area contributed by atoms with Crippen molar-refractivity contribution in [2.45, 2.75) is 6.92 Å². The minimum absolute atomic E-state index is 0.816. The number of hydrogen-bond donors (Lipinski definition) is 1. The monoisotopic (exact) mass is 293 g/mol. The molecule has 1 aromatic rings. The van der Waals surface area contributed by atoms with Crippen LogP contribution in [0.3, 0.4) is 0 Å². The summed E-state index contributed by atoms with van der Waals surface area (Å²) in [6, 6.07) is 8.17. The van der Waals surface area contributed by atoms with Crippen molar-refractivity contribution in [3.05, 3.63) is 29.3 Å². The molecule has 2 saturated heterocycles. The van der Waals surface area contributed by atoms with Crippen molar-refractivity contribution in [1.82, 2.24) is 10.2 Å². The molecule has 0 amide bonds. The van der Waals surface area contributed by atoms with E-state index < -0.39 is 0 Å². The van der Waals surface area contributed by atoms with Crippen molar-refractivity contribution in [3.63, 3.8) is 0 Å². The normalized spacial score (nSPS) is 28.0. The maximum Gasteiger partial charge on any atom is 0.0639 e. The Bertz CT molecular complexity index is 443. The molecule has 2 unspecified atom stereocenters. The average Bonchev–Trinajstić information content (AvgIpc) is 2.86. The van der Waals surface area contributed by atoms with E-state index in [4.69, 9.17) is 11.6 Å². The standard InChI is InChI=1S/C16H24ClN3/c1-13-10-18-11-14(13)12-19-6-8-20(9-7-19)16-5-3-2-4-15(16)17/h2-5,13-14,18H,6-12H2,1H3. The molecule has 1 aromatic carbocycles. The smallest absolute Gasteiger partial charge is 0.0639 e. The van der Waals surface area contributed by atoms with Gasteiger partial charge in [0.25, 0.3) is 0 Å². The SMILES string of the molecule is CC1CNCC1CN1CCN(c2ccccc2Cl)CC1. The third-order valence-corrected chi connectivity index (χ3v) is 5.06. The lowest BCUT2D eigenvalue weighted by Crippen LogP contribution is -2.48. The van der Waals surface area contributed by atoms with Gasteiger partial charge in [-0.1, -0.05) is 30.7 Å². The van der Waals surface area contributed by atoms with Gasteiger partial charge in [0.1, 0.15) is 0 Å². The first kappa shape index (κ1) is 14.2. The number of nitrogens with zero attached hydrogens (tertiary/aromatic N) is 2. The average molecular weight is 294 g/mol. The molecule has 0 aromatic heterocycles. The molecule has 2 fully saturated rings. The summed E-state index contributed by atoms with van der Waals surface area (Å²) in [6.07, 6.45) is 0. The van der Waals surface area contributed by atoms with Gasteiger partial charge in [0.15, 0.2) is 0 Å². The van der Waals surface area contributed by atoms with E-state index in [9.17, 15) is 0 Å². The first-order valence-corrected chi connectivity index (χ1v) is 8.04. The Morgan fingerprint density at radius 2 is 1.90 bits per heavy atom. The summed E-state index contributed by atoms with van der Waals surface area (Å²) in [6.45, 7) is 10.4. The molecule has 0 aliphatic carbocycles. The predicted octanol–water partition coefficient (Wildman–Crippen LogP) is 2.32. The number of anilines is 1. The second-order valence-corrected chi connectivity index (χ2v) is 6.54. The van der Waals surface area contributed by atoms with Gasteiger partial charge in [0, 0.05) is 32.7 Å². The van der Waals surface area contributed by atoms with Crippen LogP contribution in [0.1, 0.15) is 6.92 Å². The van der Waals surface area contributed by atoms with E-state index in [2.05, 4.69) is 34.2 Å². The summed E-state index contributed by atoms with van der Waals surface area (Å²) in [5.74, 6) is 1.64. The van der Waals surface area contributed by atoms with E-state index in [1.165, 1.54) is 25.3 Å². The zero-order valence-corrected chi connectivity index (χ0v) is 12.9. The van der Waals surface area contributed by atoms with E-state index in [0.29, 0.717) is 0 Å². The molecule has 110 valence electrons. The third kappa shape index (κ3) is 3.11. The van der Waals surface area contributed by atoms with Gasteiger partial charge in [0.2, 0.25) is 0 Å². The summed E-state index contributed by atoms with van der Waals surface area (Å²) < 4.78 is 0. The van der Waals surface area contributed by atoms with Crippen molar-refractivity contribution in [2.24, 2.45) is 11.8 Å². The van der Waals surface area contributed by atoms with Crippen molar-refractivity contribution in [3.8, 4) is 0 Å². The van der Waals surface area contributed by atoms with Gasteiger partial charge in [-0.25, -0.2) is 0 Å². The van der Waals surface area contributed by atoms with Crippen LogP contribution in [0.5, 0.6) is 0 Å². The molecule has 0 saturated carbocycles. The maximum atomic E-state index is 6.29. The van der Waals surface area contributed by atoms with Crippen LogP contribution < -0.4 is 10.2 Å². The molecular weight excluding hydrogens is 270 g/mol. The second kappa shape index (κ2) is 6.33. The van der Waals surface area contributed by atoms with Gasteiger partial charge >= 0.3 is 0 Å². The third-order valence-electron chi connectivity index (χ3n) is 4.74. The second-order valence-electron chi connectivity index (χ2n) is 6.13. The van der Waals surface area contributed by atoms with Gasteiger partial charge in [-0.15, -0.1) is 0 Å². The highest BCUT2D eigenvalue weighted by Gasteiger charge is 2.27. The Kier molecular flexibility index (Phi) is 4.49. The number of halogens is 1. The number of piperazine rings is 1. The Morgan fingerprint density at radius 1 is 1.15 bits per heavy atom. The van der Waals surface area contributed by atoms with Gasteiger partial charge in [-0.3, -0.25) is 4.90 Å².